The molecule has 2 fully saturated rings. The van der Waals surface area contributed by atoms with Crippen LogP contribution < -0.4 is 4.74 Å². The van der Waals surface area contributed by atoms with Crippen molar-refractivity contribution < 1.29 is 9.53 Å². The summed E-state index contributed by atoms with van der Waals surface area (Å²) in [5.41, 5.74) is 1.41. The molecule has 1 aromatic carbocycles. The van der Waals surface area contributed by atoms with E-state index in [9.17, 15) is 4.79 Å². The molecule has 26 heavy (non-hydrogen) atoms. The molecule has 1 amide bonds. The number of hydrogen-bond acceptors (Lipinski definition) is 2. The van der Waals surface area contributed by atoms with Gasteiger partial charge < -0.3 is 9.64 Å². The van der Waals surface area contributed by atoms with Crippen LogP contribution in [0, 0.1) is 10.8 Å². The van der Waals surface area contributed by atoms with Gasteiger partial charge in [0.15, 0.2) is 0 Å². The van der Waals surface area contributed by atoms with E-state index in [2.05, 4.69) is 32.6 Å². The Hall–Kier alpha value is -1.51. The second-order valence-corrected chi connectivity index (χ2v) is 9.58. The fourth-order valence-electron chi connectivity index (χ4n) is 5.28. The van der Waals surface area contributed by atoms with E-state index in [4.69, 9.17) is 4.74 Å². The molecule has 3 heteroatoms. The predicted octanol–water partition coefficient (Wildman–Crippen LogP) is 5.69. The Morgan fingerprint density at radius 2 is 1.85 bits per heavy atom. The summed E-state index contributed by atoms with van der Waals surface area (Å²) < 4.78 is 5.80. The molecule has 1 aliphatic carbocycles. The third-order valence-corrected chi connectivity index (χ3v) is 6.04. The molecule has 1 aliphatic heterocycles. The van der Waals surface area contributed by atoms with Crippen molar-refractivity contribution in [2.45, 2.75) is 78.7 Å². The van der Waals surface area contributed by atoms with E-state index in [1.807, 2.05) is 24.3 Å². The lowest BCUT2D eigenvalue weighted by molar-refractivity contribution is 0.0708. The number of benzene rings is 1. The van der Waals surface area contributed by atoms with E-state index in [-0.39, 0.29) is 11.3 Å². The number of unbranched alkanes of at least 4 members (excludes halogenated alkanes) is 3. The molecule has 3 rings (SSSR count). The molecule has 2 aliphatic rings. The number of likely N-dealkylation sites (tertiary alicyclic amines) is 1. The van der Waals surface area contributed by atoms with Crippen molar-refractivity contribution in [3.8, 4) is 5.75 Å². The van der Waals surface area contributed by atoms with Crippen molar-refractivity contribution in [2.75, 3.05) is 13.2 Å². The highest BCUT2D eigenvalue weighted by Crippen LogP contribution is 2.52. The molecule has 2 bridgehead atoms. The number of amides is 1. The first kappa shape index (κ1) is 19.3. The number of carbonyl (C=O) groups excluding carboxylic acids is 1. The Morgan fingerprint density at radius 3 is 2.54 bits per heavy atom. The Bertz CT molecular complexity index is 622. The van der Waals surface area contributed by atoms with Crippen LogP contribution in [0.1, 0.15) is 83.0 Å². The molecule has 1 saturated carbocycles. The quantitative estimate of drug-likeness (QED) is 0.587. The maximum atomic E-state index is 13.1. The maximum Gasteiger partial charge on any atom is 0.254 e. The van der Waals surface area contributed by atoms with Crippen molar-refractivity contribution in [2.24, 2.45) is 10.8 Å². The Morgan fingerprint density at radius 1 is 1.12 bits per heavy atom. The number of ether oxygens (including phenoxy) is 1. The van der Waals surface area contributed by atoms with E-state index in [0.29, 0.717) is 11.5 Å². The molecular formula is C23H35NO2. The van der Waals surface area contributed by atoms with Gasteiger partial charge in [-0.05, 0) is 60.8 Å². The highest BCUT2D eigenvalue weighted by molar-refractivity contribution is 5.94. The largest absolute Gasteiger partial charge is 0.494 e. The zero-order valence-corrected chi connectivity index (χ0v) is 17.0. The zero-order chi connectivity index (χ0) is 18.8. The van der Waals surface area contributed by atoms with Gasteiger partial charge >= 0.3 is 0 Å². The molecule has 0 aromatic heterocycles. The molecule has 1 aromatic rings. The van der Waals surface area contributed by atoms with Gasteiger partial charge in [-0.15, -0.1) is 0 Å². The van der Waals surface area contributed by atoms with E-state index < -0.39 is 0 Å². The molecule has 0 radical (unpaired) electrons. The average molecular weight is 358 g/mol. The fraction of sp³-hybridized carbons (Fsp3) is 0.696. The molecular weight excluding hydrogens is 322 g/mol. The zero-order valence-electron chi connectivity index (χ0n) is 17.0. The third kappa shape index (κ3) is 4.42. The molecule has 1 heterocycles. The van der Waals surface area contributed by atoms with Gasteiger partial charge in [-0.2, -0.15) is 0 Å². The second kappa shape index (κ2) is 7.62. The van der Waals surface area contributed by atoms with Gasteiger partial charge in [-0.1, -0.05) is 47.0 Å². The van der Waals surface area contributed by atoms with Crippen LogP contribution in [-0.2, 0) is 0 Å². The minimum Gasteiger partial charge on any atom is -0.494 e. The Balaban J connectivity index is 1.59. The van der Waals surface area contributed by atoms with Crippen molar-refractivity contribution in [3.63, 3.8) is 0 Å². The lowest BCUT2D eigenvalue weighted by atomic mass is 9.65. The molecule has 0 spiro atoms. The first-order valence-corrected chi connectivity index (χ1v) is 10.4. The lowest BCUT2D eigenvalue weighted by Crippen LogP contribution is -2.37. The molecule has 3 nitrogen and oxygen atoms in total. The smallest absolute Gasteiger partial charge is 0.254 e. The molecule has 144 valence electrons. The van der Waals surface area contributed by atoms with Crippen LogP contribution in [0.5, 0.6) is 5.75 Å². The molecule has 1 saturated heterocycles. The van der Waals surface area contributed by atoms with Crippen LogP contribution in [0.4, 0.5) is 0 Å². The Labute approximate surface area is 159 Å². The second-order valence-electron chi connectivity index (χ2n) is 9.58. The number of fused-ring (bicyclic) bond motifs is 2. The number of hydrogen-bond donors (Lipinski definition) is 0. The molecule has 0 N–H and O–H groups in total. The number of rotatable bonds is 7. The van der Waals surface area contributed by atoms with E-state index in [1.165, 1.54) is 25.7 Å². The van der Waals surface area contributed by atoms with E-state index in [1.54, 1.807) is 0 Å². The summed E-state index contributed by atoms with van der Waals surface area (Å²) in [5, 5.41) is 0. The normalized spacial score (nSPS) is 26.8. The number of carbonyl (C=O) groups is 1. The van der Waals surface area contributed by atoms with Gasteiger partial charge in [-0.25, -0.2) is 0 Å². The van der Waals surface area contributed by atoms with Crippen LogP contribution in [0.15, 0.2) is 24.3 Å². The highest BCUT2D eigenvalue weighted by atomic mass is 16.5. The number of nitrogens with zero attached hydrogens (tertiary/aromatic N) is 1. The van der Waals surface area contributed by atoms with Crippen LogP contribution in [0.3, 0.4) is 0 Å². The van der Waals surface area contributed by atoms with Gasteiger partial charge in [0.05, 0.1) is 6.61 Å². The molecule has 2 unspecified atom stereocenters. The van der Waals surface area contributed by atoms with Crippen molar-refractivity contribution in [3.05, 3.63) is 29.8 Å². The lowest BCUT2D eigenvalue weighted by Gasteiger charge is -2.39. The highest BCUT2D eigenvalue weighted by Gasteiger charge is 2.50. The van der Waals surface area contributed by atoms with E-state index >= 15 is 0 Å². The van der Waals surface area contributed by atoms with Gasteiger partial charge in [0.2, 0.25) is 0 Å². The van der Waals surface area contributed by atoms with E-state index in [0.717, 1.165) is 43.7 Å². The molecule has 2 atom stereocenters. The predicted molar refractivity (Wildman–Crippen MR) is 107 cm³/mol. The van der Waals surface area contributed by atoms with Crippen LogP contribution in [0.2, 0.25) is 0 Å². The summed E-state index contributed by atoms with van der Waals surface area (Å²) in [6, 6.07) is 8.14. The van der Waals surface area contributed by atoms with Gasteiger partial charge in [-0.3, -0.25) is 4.79 Å². The summed E-state index contributed by atoms with van der Waals surface area (Å²) in [7, 11) is 0. The van der Waals surface area contributed by atoms with Crippen molar-refractivity contribution >= 4 is 5.91 Å². The first-order chi connectivity index (χ1) is 12.3. The van der Waals surface area contributed by atoms with Crippen LogP contribution >= 0.6 is 0 Å². The van der Waals surface area contributed by atoms with Gasteiger partial charge in [0, 0.05) is 18.2 Å². The first-order valence-electron chi connectivity index (χ1n) is 10.4. The standard InChI is InChI=1S/C23H35NO2/c1-5-6-7-8-13-26-20-11-9-18(10-12-20)21(25)24-17-23(4)15-19(24)14-22(2,3)16-23/h9-12,19H,5-8,13-17H2,1-4H3. The SMILES string of the molecule is CCCCCCOc1ccc(C(=O)N2CC3(C)CC2CC(C)(C)C3)cc1. The van der Waals surface area contributed by atoms with Crippen molar-refractivity contribution in [1.29, 1.82) is 0 Å². The minimum atomic E-state index is 0.186. The summed E-state index contributed by atoms with van der Waals surface area (Å²) in [5.74, 6) is 1.05. The van der Waals surface area contributed by atoms with Crippen molar-refractivity contribution in [1.82, 2.24) is 4.90 Å². The minimum absolute atomic E-state index is 0.186. The monoisotopic (exact) mass is 357 g/mol. The fourth-order valence-corrected chi connectivity index (χ4v) is 5.28. The summed E-state index contributed by atoms with van der Waals surface area (Å²) >= 11 is 0. The van der Waals surface area contributed by atoms with Crippen LogP contribution in [0.25, 0.3) is 0 Å². The summed E-state index contributed by atoms with van der Waals surface area (Å²) in [4.78, 5) is 15.2. The maximum absolute atomic E-state index is 13.1. The Kier molecular flexibility index (Phi) is 5.64. The topological polar surface area (TPSA) is 29.5 Å². The summed E-state index contributed by atoms with van der Waals surface area (Å²) in [6.07, 6.45) is 8.31. The van der Waals surface area contributed by atoms with Gasteiger partial charge in [0.25, 0.3) is 5.91 Å². The summed E-state index contributed by atoms with van der Waals surface area (Å²) in [6.45, 7) is 10.9. The van der Waals surface area contributed by atoms with Crippen LogP contribution in [-0.4, -0.2) is 30.0 Å². The average Bonchev–Trinajstić information content (AvgIpc) is 2.83. The third-order valence-electron chi connectivity index (χ3n) is 6.04. The van der Waals surface area contributed by atoms with Gasteiger partial charge in [0.1, 0.15) is 5.75 Å².